The molecule has 0 radical (unpaired) electrons. The molecule has 1 fully saturated rings. The summed E-state index contributed by atoms with van der Waals surface area (Å²) in [6.07, 6.45) is 6.99. The van der Waals surface area contributed by atoms with Crippen LogP contribution in [0.15, 0.2) is 24.3 Å². The first-order chi connectivity index (χ1) is 11.2. The number of nitrogens with one attached hydrogen (secondary N) is 1. The molecule has 0 heterocycles. The van der Waals surface area contributed by atoms with Gasteiger partial charge in [-0.25, -0.2) is 0 Å². The fraction of sp³-hybridized carbons (Fsp3) is 0.632. The third kappa shape index (κ3) is 7.10. The van der Waals surface area contributed by atoms with Crippen LogP contribution in [0.25, 0.3) is 0 Å². The summed E-state index contributed by atoms with van der Waals surface area (Å²) in [5.74, 6) is 1.52. The highest BCUT2D eigenvalue weighted by molar-refractivity contribution is 5.85. The van der Waals surface area contributed by atoms with E-state index in [9.17, 15) is 4.79 Å². The molecule has 24 heavy (non-hydrogen) atoms. The third-order valence-electron chi connectivity index (χ3n) is 4.61. The lowest BCUT2D eigenvalue weighted by Crippen LogP contribution is -2.44. The van der Waals surface area contributed by atoms with Gasteiger partial charge in [-0.15, -0.1) is 12.4 Å². The van der Waals surface area contributed by atoms with Crippen LogP contribution >= 0.6 is 12.4 Å². The summed E-state index contributed by atoms with van der Waals surface area (Å²) in [6.45, 7) is 3.39. The molecule has 1 aromatic rings. The lowest BCUT2D eigenvalue weighted by Gasteiger charge is -2.31. The van der Waals surface area contributed by atoms with Crippen LogP contribution in [0.1, 0.15) is 50.5 Å². The predicted octanol–water partition coefficient (Wildman–Crippen LogP) is 3.60. The normalized spacial score (nSPS) is 20.1. The fourth-order valence-corrected chi connectivity index (χ4v) is 3.24. The number of hydrogen-bond acceptors (Lipinski definition) is 3. The van der Waals surface area contributed by atoms with Crippen molar-refractivity contribution in [3.05, 3.63) is 29.8 Å². The molecule has 136 valence electrons. The van der Waals surface area contributed by atoms with Crippen LogP contribution in [-0.2, 0) is 4.79 Å². The number of hydrogen-bond donors (Lipinski definition) is 2. The van der Waals surface area contributed by atoms with Crippen LogP contribution in [0.2, 0.25) is 0 Å². The Bertz CT molecular complexity index is 496. The van der Waals surface area contributed by atoms with Gasteiger partial charge in [-0.3, -0.25) is 4.79 Å². The number of unbranched alkanes of at least 4 members (excludes halogenated alkanes) is 1. The largest absolute Gasteiger partial charge is 0.494 e. The Morgan fingerprint density at radius 2 is 2.08 bits per heavy atom. The summed E-state index contributed by atoms with van der Waals surface area (Å²) in [5.41, 5.74) is 7.01. The second kappa shape index (κ2) is 11.3. The van der Waals surface area contributed by atoms with Crippen LogP contribution in [0.5, 0.6) is 5.75 Å². The Balaban J connectivity index is 0.00000288. The summed E-state index contributed by atoms with van der Waals surface area (Å²) in [6, 6.07) is 8.33. The number of aryl methyl sites for hydroxylation is 1. The SMILES string of the molecule is Cc1cccc(OCCCCC(=O)NC2CCCCC2CN)c1.Cl. The van der Waals surface area contributed by atoms with E-state index in [0.717, 1.165) is 31.4 Å². The average Bonchev–Trinajstić information content (AvgIpc) is 2.55. The van der Waals surface area contributed by atoms with Gasteiger partial charge in [0.15, 0.2) is 0 Å². The quantitative estimate of drug-likeness (QED) is 0.701. The van der Waals surface area contributed by atoms with Crippen LogP contribution in [0, 0.1) is 12.8 Å². The molecule has 0 spiro atoms. The zero-order chi connectivity index (χ0) is 16.5. The van der Waals surface area contributed by atoms with E-state index in [1.165, 1.54) is 18.4 Å². The smallest absolute Gasteiger partial charge is 0.220 e. The predicted molar refractivity (Wildman–Crippen MR) is 101 cm³/mol. The average molecular weight is 355 g/mol. The molecular formula is C19H31ClN2O2. The lowest BCUT2D eigenvalue weighted by atomic mass is 9.84. The van der Waals surface area contributed by atoms with E-state index in [1.54, 1.807) is 0 Å². The van der Waals surface area contributed by atoms with Crippen molar-refractivity contribution in [1.82, 2.24) is 5.32 Å². The van der Waals surface area contributed by atoms with Crippen molar-refractivity contribution in [1.29, 1.82) is 0 Å². The number of amides is 1. The minimum absolute atomic E-state index is 0. The maximum absolute atomic E-state index is 12.1. The maximum atomic E-state index is 12.1. The molecule has 0 saturated heterocycles. The van der Waals surface area contributed by atoms with Gasteiger partial charge in [-0.2, -0.15) is 0 Å². The van der Waals surface area contributed by atoms with Crippen molar-refractivity contribution in [2.45, 2.75) is 57.9 Å². The molecule has 0 bridgehead atoms. The lowest BCUT2D eigenvalue weighted by molar-refractivity contribution is -0.122. The van der Waals surface area contributed by atoms with Crippen molar-refractivity contribution in [3.8, 4) is 5.75 Å². The van der Waals surface area contributed by atoms with Crippen molar-refractivity contribution < 1.29 is 9.53 Å². The van der Waals surface area contributed by atoms with E-state index in [4.69, 9.17) is 10.5 Å². The summed E-state index contributed by atoms with van der Waals surface area (Å²) < 4.78 is 5.70. The zero-order valence-electron chi connectivity index (χ0n) is 14.6. The van der Waals surface area contributed by atoms with Gasteiger partial charge >= 0.3 is 0 Å². The van der Waals surface area contributed by atoms with Gasteiger partial charge < -0.3 is 15.8 Å². The van der Waals surface area contributed by atoms with E-state index in [-0.39, 0.29) is 24.4 Å². The van der Waals surface area contributed by atoms with Crippen molar-refractivity contribution in [2.24, 2.45) is 11.7 Å². The molecular weight excluding hydrogens is 324 g/mol. The topological polar surface area (TPSA) is 64.3 Å². The van der Waals surface area contributed by atoms with Crippen LogP contribution in [-0.4, -0.2) is 25.1 Å². The second-order valence-corrected chi connectivity index (χ2v) is 6.58. The highest BCUT2D eigenvalue weighted by atomic mass is 35.5. The number of carbonyl (C=O) groups is 1. The Kier molecular flexibility index (Phi) is 9.80. The molecule has 2 atom stereocenters. The first-order valence-electron chi connectivity index (χ1n) is 8.88. The summed E-state index contributed by atoms with van der Waals surface area (Å²) in [7, 11) is 0. The van der Waals surface area contributed by atoms with Gasteiger partial charge in [-0.05, 0) is 62.8 Å². The zero-order valence-corrected chi connectivity index (χ0v) is 15.4. The first-order valence-corrected chi connectivity index (χ1v) is 8.88. The van der Waals surface area contributed by atoms with Gasteiger partial charge in [0.25, 0.3) is 0 Å². The number of benzene rings is 1. The van der Waals surface area contributed by atoms with Crippen LogP contribution in [0.4, 0.5) is 0 Å². The van der Waals surface area contributed by atoms with Gasteiger partial charge in [0.2, 0.25) is 5.91 Å². The van der Waals surface area contributed by atoms with Crippen molar-refractivity contribution in [3.63, 3.8) is 0 Å². The molecule has 1 aliphatic carbocycles. The molecule has 1 aliphatic rings. The van der Waals surface area contributed by atoms with Crippen LogP contribution < -0.4 is 15.8 Å². The maximum Gasteiger partial charge on any atom is 0.220 e. The summed E-state index contributed by atoms with van der Waals surface area (Å²) >= 11 is 0. The molecule has 3 N–H and O–H groups in total. The van der Waals surface area contributed by atoms with Gasteiger partial charge in [0, 0.05) is 12.5 Å². The van der Waals surface area contributed by atoms with Crippen molar-refractivity contribution >= 4 is 18.3 Å². The highest BCUT2D eigenvalue weighted by Gasteiger charge is 2.24. The van der Waals surface area contributed by atoms with Gasteiger partial charge in [0.1, 0.15) is 5.75 Å². The Hall–Kier alpha value is -1.26. The van der Waals surface area contributed by atoms with E-state index in [2.05, 4.69) is 18.3 Å². The molecule has 2 unspecified atom stereocenters. The molecule has 1 amide bonds. The van der Waals surface area contributed by atoms with E-state index < -0.39 is 0 Å². The number of nitrogens with two attached hydrogens (primary N) is 1. The molecule has 4 nitrogen and oxygen atoms in total. The minimum atomic E-state index is 0. The Labute approximate surface area is 151 Å². The molecule has 5 heteroatoms. The summed E-state index contributed by atoms with van der Waals surface area (Å²) in [4.78, 5) is 12.1. The van der Waals surface area contributed by atoms with E-state index in [0.29, 0.717) is 25.5 Å². The summed E-state index contributed by atoms with van der Waals surface area (Å²) in [5, 5.41) is 3.18. The highest BCUT2D eigenvalue weighted by Crippen LogP contribution is 2.23. The standard InChI is InChI=1S/C19H30N2O2.ClH/c1-15-7-6-9-17(13-15)23-12-5-4-11-19(22)21-18-10-3-2-8-16(18)14-20;/h6-7,9,13,16,18H,2-5,8,10-12,14,20H2,1H3,(H,21,22);1H. The number of rotatable bonds is 8. The third-order valence-corrected chi connectivity index (χ3v) is 4.61. The van der Waals surface area contributed by atoms with E-state index in [1.807, 2.05) is 18.2 Å². The fourth-order valence-electron chi connectivity index (χ4n) is 3.24. The van der Waals surface area contributed by atoms with Crippen LogP contribution in [0.3, 0.4) is 0 Å². The minimum Gasteiger partial charge on any atom is -0.494 e. The number of carbonyl (C=O) groups excluding carboxylic acids is 1. The van der Waals surface area contributed by atoms with E-state index >= 15 is 0 Å². The Morgan fingerprint density at radius 3 is 2.83 bits per heavy atom. The number of ether oxygens (including phenoxy) is 1. The molecule has 1 saturated carbocycles. The molecule has 0 aliphatic heterocycles. The second-order valence-electron chi connectivity index (χ2n) is 6.58. The number of halogens is 1. The van der Waals surface area contributed by atoms with Gasteiger partial charge in [0.05, 0.1) is 6.61 Å². The molecule has 1 aromatic carbocycles. The first kappa shape index (κ1) is 20.8. The molecule has 0 aromatic heterocycles. The van der Waals surface area contributed by atoms with Gasteiger partial charge in [-0.1, -0.05) is 25.0 Å². The Morgan fingerprint density at radius 1 is 1.29 bits per heavy atom. The van der Waals surface area contributed by atoms with Crippen molar-refractivity contribution in [2.75, 3.05) is 13.2 Å². The monoisotopic (exact) mass is 354 g/mol. The molecule has 2 rings (SSSR count).